The molecular weight excluding hydrogens is 340 g/mol. The van der Waals surface area contributed by atoms with Crippen LogP contribution in [0.1, 0.15) is 19.0 Å². The van der Waals surface area contributed by atoms with Crippen molar-refractivity contribution in [2.24, 2.45) is 0 Å². The molecule has 2 N–H and O–H groups in total. The lowest BCUT2D eigenvalue weighted by Gasteiger charge is -2.08. The third-order valence-corrected chi connectivity index (χ3v) is 4.15. The van der Waals surface area contributed by atoms with Crippen molar-refractivity contribution in [2.45, 2.75) is 20.3 Å². The highest BCUT2D eigenvalue weighted by Crippen LogP contribution is 2.29. The maximum Gasteiger partial charge on any atom is 0.224 e. The molecule has 0 aliphatic heterocycles. The lowest BCUT2D eigenvalue weighted by molar-refractivity contribution is -0.115. The number of aromatic nitrogens is 5. The topological polar surface area (TPSA) is 96.5 Å². The summed E-state index contributed by atoms with van der Waals surface area (Å²) in [4.78, 5) is 33.0. The minimum atomic E-state index is -0.0620. The Bertz CT molecular complexity index is 1130. The second-order valence-corrected chi connectivity index (χ2v) is 6.16. The fourth-order valence-corrected chi connectivity index (χ4v) is 2.83. The van der Waals surface area contributed by atoms with E-state index < -0.39 is 0 Å². The van der Waals surface area contributed by atoms with E-state index in [1.54, 1.807) is 12.4 Å². The zero-order valence-corrected chi connectivity index (χ0v) is 15.0. The van der Waals surface area contributed by atoms with Gasteiger partial charge in [-0.25, -0.2) is 15.0 Å². The highest BCUT2D eigenvalue weighted by atomic mass is 16.1. The summed E-state index contributed by atoms with van der Waals surface area (Å²) < 4.78 is 0. The monoisotopic (exact) mass is 358 g/mol. The van der Waals surface area contributed by atoms with Crippen molar-refractivity contribution in [3.05, 3.63) is 54.6 Å². The number of aromatic amines is 1. The molecule has 134 valence electrons. The molecule has 0 bridgehead atoms. The molecule has 4 aromatic heterocycles. The molecule has 4 rings (SSSR count). The van der Waals surface area contributed by atoms with Crippen LogP contribution in [0.15, 0.2) is 48.9 Å². The third-order valence-electron chi connectivity index (χ3n) is 4.15. The Morgan fingerprint density at radius 2 is 2.04 bits per heavy atom. The van der Waals surface area contributed by atoms with Gasteiger partial charge in [0.1, 0.15) is 11.3 Å². The molecule has 7 heteroatoms. The van der Waals surface area contributed by atoms with Gasteiger partial charge < -0.3 is 10.3 Å². The van der Waals surface area contributed by atoms with Crippen LogP contribution in [0.25, 0.3) is 33.8 Å². The molecule has 4 aromatic rings. The van der Waals surface area contributed by atoms with E-state index in [1.165, 1.54) is 0 Å². The average Bonchev–Trinajstić information content (AvgIpc) is 3.16. The Hall–Kier alpha value is -3.61. The van der Waals surface area contributed by atoms with E-state index >= 15 is 0 Å². The van der Waals surface area contributed by atoms with Crippen molar-refractivity contribution in [3.63, 3.8) is 0 Å². The molecule has 1 amide bonds. The number of fused-ring (bicyclic) bond motifs is 1. The minimum Gasteiger partial charge on any atom is -0.346 e. The Balaban J connectivity index is 1.85. The predicted molar refractivity (Wildman–Crippen MR) is 104 cm³/mol. The summed E-state index contributed by atoms with van der Waals surface area (Å²) in [7, 11) is 0. The van der Waals surface area contributed by atoms with Crippen LogP contribution in [0.3, 0.4) is 0 Å². The molecule has 0 aliphatic rings. The van der Waals surface area contributed by atoms with Gasteiger partial charge in [0.15, 0.2) is 5.82 Å². The van der Waals surface area contributed by atoms with Crippen LogP contribution in [0, 0.1) is 6.92 Å². The van der Waals surface area contributed by atoms with E-state index in [4.69, 9.17) is 4.98 Å². The van der Waals surface area contributed by atoms with Gasteiger partial charge >= 0.3 is 0 Å². The van der Waals surface area contributed by atoms with E-state index in [0.717, 1.165) is 28.0 Å². The number of carbonyl (C=O) groups is 1. The van der Waals surface area contributed by atoms with Gasteiger partial charge in [0.05, 0.1) is 17.6 Å². The third kappa shape index (κ3) is 3.39. The molecule has 0 saturated heterocycles. The quantitative estimate of drug-likeness (QED) is 0.579. The molecule has 0 atom stereocenters. The number of anilines is 1. The molecule has 0 unspecified atom stereocenters. The summed E-state index contributed by atoms with van der Waals surface area (Å²) >= 11 is 0. The lowest BCUT2D eigenvalue weighted by Crippen LogP contribution is -2.09. The van der Waals surface area contributed by atoms with Gasteiger partial charge in [-0.15, -0.1) is 0 Å². The number of pyridine rings is 2. The number of H-pyrrole nitrogens is 1. The summed E-state index contributed by atoms with van der Waals surface area (Å²) in [6, 6.07) is 9.54. The molecule has 0 fully saturated rings. The van der Waals surface area contributed by atoms with Gasteiger partial charge in [0, 0.05) is 35.5 Å². The fraction of sp³-hybridized carbons (Fsp3) is 0.150. The summed E-state index contributed by atoms with van der Waals surface area (Å²) in [5.74, 6) is 0.472. The van der Waals surface area contributed by atoms with E-state index in [0.29, 0.717) is 23.6 Å². The van der Waals surface area contributed by atoms with Crippen molar-refractivity contribution in [1.29, 1.82) is 0 Å². The standard InChI is InChI=1S/C20H18N6O/c1-3-17(27)24-14-9-13(10-21-11-14)18-15-7-8-22-19(15)26-20(25-18)16-6-4-5-12(2)23-16/h4-11H,3H2,1-2H3,(H,24,27)(H,22,25,26). The van der Waals surface area contributed by atoms with Crippen LogP contribution < -0.4 is 5.32 Å². The normalized spacial score (nSPS) is 10.9. The Labute approximate surface area is 155 Å². The minimum absolute atomic E-state index is 0.0620. The Kier molecular flexibility index (Phi) is 4.33. The molecular formula is C20H18N6O. The number of nitrogens with one attached hydrogen (secondary N) is 2. The Morgan fingerprint density at radius 1 is 1.15 bits per heavy atom. The van der Waals surface area contributed by atoms with Gasteiger partial charge in [-0.1, -0.05) is 13.0 Å². The second-order valence-electron chi connectivity index (χ2n) is 6.16. The van der Waals surface area contributed by atoms with Crippen molar-refractivity contribution in [3.8, 4) is 22.8 Å². The molecule has 0 aromatic carbocycles. The summed E-state index contributed by atoms with van der Waals surface area (Å²) in [5, 5.41) is 3.71. The van der Waals surface area contributed by atoms with Crippen molar-refractivity contribution < 1.29 is 4.79 Å². The van der Waals surface area contributed by atoms with Gasteiger partial charge in [0.25, 0.3) is 0 Å². The number of hydrogen-bond acceptors (Lipinski definition) is 5. The average molecular weight is 358 g/mol. The highest BCUT2D eigenvalue weighted by Gasteiger charge is 2.14. The van der Waals surface area contributed by atoms with Gasteiger partial charge in [-0.2, -0.15) is 0 Å². The molecule has 27 heavy (non-hydrogen) atoms. The second kappa shape index (κ2) is 6.95. The SMILES string of the molecule is CCC(=O)Nc1cncc(-c2nc(-c3cccc(C)n3)nc3[nH]ccc23)c1. The smallest absolute Gasteiger partial charge is 0.224 e. The molecule has 0 saturated carbocycles. The first-order valence-electron chi connectivity index (χ1n) is 8.68. The fourth-order valence-electron chi connectivity index (χ4n) is 2.83. The summed E-state index contributed by atoms with van der Waals surface area (Å²) in [6.07, 6.45) is 5.58. The van der Waals surface area contributed by atoms with Crippen LogP contribution >= 0.6 is 0 Å². The Morgan fingerprint density at radius 3 is 2.85 bits per heavy atom. The van der Waals surface area contributed by atoms with Crippen LogP contribution in [-0.2, 0) is 4.79 Å². The number of nitrogens with zero attached hydrogens (tertiary/aromatic N) is 4. The van der Waals surface area contributed by atoms with Crippen molar-refractivity contribution in [2.75, 3.05) is 5.32 Å². The van der Waals surface area contributed by atoms with Gasteiger partial charge in [-0.05, 0) is 31.2 Å². The largest absolute Gasteiger partial charge is 0.346 e. The zero-order valence-electron chi connectivity index (χ0n) is 15.0. The zero-order chi connectivity index (χ0) is 18.8. The van der Waals surface area contributed by atoms with Gasteiger partial charge in [0.2, 0.25) is 5.91 Å². The maximum atomic E-state index is 11.7. The number of hydrogen-bond donors (Lipinski definition) is 2. The predicted octanol–water partition coefficient (Wildman–Crippen LogP) is 3.74. The van der Waals surface area contributed by atoms with Gasteiger partial charge in [-0.3, -0.25) is 9.78 Å². The number of amides is 1. The van der Waals surface area contributed by atoms with E-state index in [2.05, 4.69) is 25.3 Å². The number of rotatable bonds is 4. The summed E-state index contributed by atoms with van der Waals surface area (Å²) in [6.45, 7) is 3.74. The first-order valence-corrected chi connectivity index (χ1v) is 8.68. The first kappa shape index (κ1) is 16.8. The van der Waals surface area contributed by atoms with Crippen molar-refractivity contribution in [1.82, 2.24) is 24.9 Å². The summed E-state index contributed by atoms with van der Waals surface area (Å²) in [5.41, 5.74) is 4.49. The van der Waals surface area contributed by atoms with E-state index in [-0.39, 0.29) is 5.91 Å². The molecule has 0 spiro atoms. The van der Waals surface area contributed by atoms with E-state index in [1.807, 2.05) is 50.4 Å². The van der Waals surface area contributed by atoms with Crippen LogP contribution in [-0.4, -0.2) is 30.8 Å². The van der Waals surface area contributed by atoms with Crippen LogP contribution in [0.5, 0.6) is 0 Å². The van der Waals surface area contributed by atoms with E-state index in [9.17, 15) is 4.79 Å². The highest BCUT2D eigenvalue weighted by molar-refractivity contribution is 5.94. The van der Waals surface area contributed by atoms with Crippen LogP contribution in [0.2, 0.25) is 0 Å². The number of aryl methyl sites for hydroxylation is 1. The molecule has 4 heterocycles. The van der Waals surface area contributed by atoms with Crippen molar-refractivity contribution >= 4 is 22.6 Å². The number of carbonyl (C=O) groups excluding carboxylic acids is 1. The first-order chi connectivity index (χ1) is 13.1. The molecule has 0 radical (unpaired) electrons. The molecule has 0 aliphatic carbocycles. The molecule has 7 nitrogen and oxygen atoms in total. The lowest BCUT2D eigenvalue weighted by atomic mass is 10.1. The van der Waals surface area contributed by atoms with Crippen LogP contribution in [0.4, 0.5) is 5.69 Å². The maximum absolute atomic E-state index is 11.7.